The topological polar surface area (TPSA) is 24.4 Å². The third-order valence-corrected chi connectivity index (χ3v) is 3.23. The summed E-state index contributed by atoms with van der Waals surface area (Å²) < 4.78 is 0. The van der Waals surface area contributed by atoms with E-state index >= 15 is 0 Å². The van der Waals surface area contributed by atoms with Crippen molar-refractivity contribution in [2.45, 2.75) is 39.5 Å². The number of rotatable bonds is 9. The van der Waals surface area contributed by atoms with Gasteiger partial charge in [0.1, 0.15) is 0 Å². The molecule has 2 nitrogen and oxygen atoms in total. The number of nitrogens with zero attached hydrogens (tertiary/aromatic N) is 1. The van der Waals surface area contributed by atoms with Gasteiger partial charge in [-0.15, -0.1) is 0 Å². The van der Waals surface area contributed by atoms with Gasteiger partial charge >= 0.3 is 0 Å². The number of benzene rings is 1. The van der Waals surface area contributed by atoms with E-state index in [4.69, 9.17) is 11.6 Å². The molecule has 0 spiro atoms. The second-order valence-corrected chi connectivity index (χ2v) is 5.24. The van der Waals surface area contributed by atoms with E-state index in [1.54, 1.807) is 0 Å². The molecule has 0 aliphatic carbocycles. The number of unbranched alkanes of at least 4 members (excludes halogenated alkanes) is 2. The molecule has 1 aromatic rings. The first-order chi connectivity index (χ1) is 9.77. The lowest BCUT2D eigenvalue weighted by Crippen LogP contribution is -2.08. The fraction of sp³-hybridized carbons (Fsp3) is 0.471. The third-order valence-electron chi connectivity index (χ3n) is 2.98. The van der Waals surface area contributed by atoms with E-state index in [-0.39, 0.29) is 0 Å². The lowest BCUT2D eigenvalue weighted by Gasteiger charge is -2.05. The lowest BCUT2D eigenvalue weighted by molar-refractivity contribution is 0.736. The number of hydrogen-bond donors (Lipinski definition) is 1. The van der Waals surface area contributed by atoms with Crippen LogP contribution in [0, 0.1) is 0 Å². The van der Waals surface area contributed by atoms with Crippen molar-refractivity contribution in [3.05, 3.63) is 41.1 Å². The molecule has 0 aliphatic rings. The maximum Gasteiger partial charge on any atom is 0.0406 e. The van der Waals surface area contributed by atoms with Crippen LogP contribution in [0.5, 0.6) is 0 Å². The van der Waals surface area contributed by atoms with Gasteiger partial charge < -0.3 is 5.32 Å². The second-order valence-electron chi connectivity index (χ2n) is 4.80. The predicted molar refractivity (Wildman–Crippen MR) is 90.6 cm³/mol. The number of allylic oxidation sites excluding steroid dienone is 1. The van der Waals surface area contributed by atoms with Gasteiger partial charge in [0, 0.05) is 36.1 Å². The molecule has 0 amide bonds. The van der Waals surface area contributed by atoms with Crippen molar-refractivity contribution in [1.29, 1.82) is 0 Å². The molecule has 0 aromatic heterocycles. The highest BCUT2D eigenvalue weighted by atomic mass is 35.5. The molecular formula is C17H25ClN2. The van der Waals surface area contributed by atoms with E-state index in [9.17, 15) is 0 Å². The minimum Gasteiger partial charge on any atom is -0.390 e. The number of nitrogens with one attached hydrogen (secondary N) is 1. The molecule has 1 aromatic carbocycles. The summed E-state index contributed by atoms with van der Waals surface area (Å²) >= 11 is 5.94. The van der Waals surface area contributed by atoms with Crippen LogP contribution >= 0.6 is 11.6 Å². The van der Waals surface area contributed by atoms with E-state index < -0.39 is 0 Å². The Balaban J connectivity index is 2.72. The van der Waals surface area contributed by atoms with Gasteiger partial charge in [-0.2, -0.15) is 0 Å². The van der Waals surface area contributed by atoms with Crippen LogP contribution < -0.4 is 5.32 Å². The molecule has 0 bridgehead atoms. The van der Waals surface area contributed by atoms with Gasteiger partial charge in [-0.25, -0.2) is 0 Å². The minimum absolute atomic E-state index is 0.759. The fourth-order valence-corrected chi connectivity index (χ4v) is 1.84. The molecule has 0 fully saturated rings. The lowest BCUT2D eigenvalue weighted by atomic mass is 10.1. The van der Waals surface area contributed by atoms with Crippen LogP contribution in [0.3, 0.4) is 0 Å². The summed E-state index contributed by atoms with van der Waals surface area (Å²) in [7, 11) is 0. The molecule has 0 saturated heterocycles. The average molecular weight is 293 g/mol. The molecule has 110 valence electrons. The molecular weight excluding hydrogens is 268 g/mol. The standard InChI is InChI=1S/C17H25ClN2/c1-3-5-11-19-13-16(14-20-12-6-4-2)15-7-9-17(18)10-8-15/h7-10,13-14,19H,3-6,11-12H2,1-2H3/b16-13-,20-14?. The summed E-state index contributed by atoms with van der Waals surface area (Å²) in [6.45, 7) is 6.25. The SMILES string of the molecule is CCCCN=C/C(=C/NCCCC)c1ccc(Cl)cc1. The summed E-state index contributed by atoms with van der Waals surface area (Å²) in [5, 5.41) is 4.11. The van der Waals surface area contributed by atoms with Crippen LogP contribution in [0.25, 0.3) is 5.57 Å². The third kappa shape index (κ3) is 6.76. The van der Waals surface area contributed by atoms with Gasteiger partial charge in [-0.05, 0) is 30.5 Å². The summed E-state index contributed by atoms with van der Waals surface area (Å²) in [4.78, 5) is 4.49. The van der Waals surface area contributed by atoms with E-state index in [2.05, 4.69) is 24.2 Å². The molecule has 1 rings (SSSR count). The molecule has 1 N–H and O–H groups in total. The first-order valence-corrected chi connectivity index (χ1v) is 7.85. The van der Waals surface area contributed by atoms with Crippen LogP contribution in [-0.4, -0.2) is 19.3 Å². The van der Waals surface area contributed by atoms with Crippen molar-refractivity contribution in [3.8, 4) is 0 Å². The van der Waals surface area contributed by atoms with Gasteiger partial charge in [-0.1, -0.05) is 50.4 Å². The van der Waals surface area contributed by atoms with Crippen molar-refractivity contribution in [1.82, 2.24) is 5.32 Å². The summed E-state index contributed by atoms with van der Waals surface area (Å²) in [6.07, 6.45) is 8.69. The van der Waals surface area contributed by atoms with Crippen molar-refractivity contribution in [3.63, 3.8) is 0 Å². The van der Waals surface area contributed by atoms with Crippen molar-refractivity contribution in [2.75, 3.05) is 13.1 Å². The zero-order chi connectivity index (χ0) is 14.6. The van der Waals surface area contributed by atoms with Crippen molar-refractivity contribution >= 4 is 23.4 Å². The highest BCUT2D eigenvalue weighted by molar-refractivity contribution is 6.30. The molecule has 20 heavy (non-hydrogen) atoms. The number of halogens is 1. The molecule has 0 atom stereocenters. The van der Waals surface area contributed by atoms with E-state index in [1.165, 1.54) is 19.3 Å². The van der Waals surface area contributed by atoms with Gasteiger partial charge in [-0.3, -0.25) is 4.99 Å². The summed E-state index contributed by atoms with van der Waals surface area (Å²) in [6, 6.07) is 7.89. The highest BCUT2D eigenvalue weighted by Gasteiger charge is 1.98. The molecule has 0 aliphatic heterocycles. The Morgan fingerprint density at radius 1 is 1.15 bits per heavy atom. The normalized spacial score (nSPS) is 12.1. The Kier molecular flexibility index (Phi) is 8.81. The van der Waals surface area contributed by atoms with Crippen LogP contribution in [0.1, 0.15) is 45.1 Å². The fourth-order valence-electron chi connectivity index (χ4n) is 1.71. The van der Waals surface area contributed by atoms with Gasteiger partial charge in [0.05, 0.1) is 0 Å². The molecule has 0 saturated carbocycles. The zero-order valence-corrected chi connectivity index (χ0v) is 13.3. The number of hydrogen-bond acceptors (Lipinski definition) is 2. The van der Waals surface area contributed by atoms with Gasteiger partial charge in [0.25, 0.3) is 0 Å². The molecule has 0 unspecified atom stereocenters. The second kappa shape index (κ2) is 10.5. The Hall–Kier alpha value is -1.28. The maximum absolute atomic E-state index is 5.94. The van der Waals surface area contributed by atoms with Gasteiger partial charge in [0.15, 0.2) is 0 Å². The summed E-state index contributed by atoms with van der Waals surface area (Å²) in [5.74, 6) is 0. The Morgan fingerprint density at radius 3 is 2.50 bits per heavy atom. The van der Waals surface area contributed by atoms with Gasteiger partial charge in [0.2, 0.25) is 0 Å². The van der Waals surface area contributed by atoms with Crippen LogP contribution in [0.15, 0.2) is 35.5 Å². The van der Waals surface area contributed by atoms with Crippen LogP contribution in [-0.2, 0) is 0 Å². The largest absolute Gasteiger partial charge is 0.390 e. The summed E-state index contributed by atoms with van der Waals surface area (Å²) in [5.41, 5.74) is 2.24. The minimum atomic E-state index is 0.759. The first-order valence-electron chi connectivity index (χ1n) is 7.47. The van der Waals surface area contributed by atoms with E-state index in [0.717, 1.165) is 35.7 Å². The quantitative estimate of drug-likeness (QED) is 0.506. The zero-order valence-electron chi connectivity index (χ0n) is 12.5. The molecule has 3 heteroatoms. The molecule has 0 radical (unpaired) electrons. The highest BCUT2D eigenvalue weighted by Crippen LogP contribution is 2.16. The Bertz CT molecular complexity index is 421. The van der Waals surface area contributed by atoms with Crippen LogP contribution in [0.4, 0.5) is 0 Å². The van der Waals surface area contributed by atoms with Crippen molar-refractivity contribution in [2.24, 2.45) is 4.99 Å². The maximum atomic E-state index is 5.94. The van der Waals surface area contributed by atoms with E-state index in [1.807, 2.05) is 36.7 Å². The Morgan fingerprint density at radius 2 is 1.85 bits per heavy atom. The monoisotopic (exact) mass is 292 g/mol. The first kappa shape index (κ1) is 16.8. The van der Waals surface area contributed by atoms with Crippen LogP contribution in [0.2, 0.25) is 5.02 Å². The molecule has 0 heterocycles. The smallest absolute Gasteiger partial charge is 0.0406 e. The van der Waals surface area contributed by atoms with E-state index in [0.29, 0.717) is 0 Å². The predicted octanol–water partition coefficient (Wildman–Crippen LogP) is 4.94. The Labute approximate surface area is 128 Å². The number of aliphatic imine (C=N–C) groups is 1. The average Bonchev–Trinajstić information content (AvgIpc) is 2.47. The van der Waals surface area contributed by atoms with Crippen molar-refractivity contribution < 1.29 is 0 Å².